The summed E-state index contributed by atoms with van der Waals surface area (Å²) < 4.78 is 14.2. The van der Waals surface area contributed by atoms with Crippen LogP contribution in [0.4, 0.5) is 10.2 Å². The van der Waals surface area contributed by atoms with E-state index in [1.54, 1.807) is 24.3 Å². The predicted molar refractivity (Wildman–Crippen MR) is 120 cm³/mol. The van der Waals surface area contributed by atoms with Gasteiger partial charge in [-0.2, -0.15) is 0 Å². The van der Waals surface area contributed by atoms with Crippen molar-refractivity contribution in [2.45, 2.75) is 13.5 Å². The number of hydrogen-bond donors (Lipinski definition) is 4. The summed E-state index contributed by atoms with van der Waals surface area (Å²) in [6, 6.07) is 11.3. The zero-order chi connectivity index (χ0) is 22.1. The topological polar surface area (TPSA) is 121 Å². The first-order valence-electron chi connectivity index (χ1n) is 9.39. The first kappa shape index (κ1) is 20.9. The molecular weight excluding hydrogens is 418 g/mol. The van der Waals surface area contributed by atoms with Gasteiger partial charge < -0.3 is 21.1 Å². The predicted octanol–water partition coefficient (Wildman–Crippen LogP) is 2.20. The fraction of sp³-hybridized carbons (Fsp3) is 0.0952. The van der Waals surface area contributed by atoms with Crippen LogP contribution >= 0.6 is 11.3 Å². The van der Waals surface area contributed by atoms with Crippen LogP contribution in [0.2, 0.25) is 0 Å². The van der Waals surface area contributed by atoms with Gasteiger partial charge >= 0.3 is 7.12 Å². The number of aryl methyl sites for hydroxylation is 1. The summed E-state index contributed by atoms with van der Waals surface area (Å²) in [5, 5.41) is 23.2. The van der Waals surface area contributed by atoms with E-state index in [0.717, 1.165) is 20.5 Å². The van der Waals surface area contributed by atoms with Crippen molar-refractivity contribution in [3.63, 3.8) is 0 Å². The van der Waals surface area contributed by atoms with Gasteiger partial charge in [0, 0.05) is 38.7 Å². The lowest BCUT2D eigenvalue weighted by atomic mass is 9.81. The minimum Gasteiger partial charge on any atom is -0.423 e. The van der Waals surface area contributed by atoms with Gasteiger partial charge in [0.2, 0.25) is 5.91 Å². The third-order valence-corrected chi connectivity index (χ3v) is 5.98. The molecule has 0 fully saturated rings. The van der Waals surface area contributed by atoms with Crippen LogP contribution in [0, 0.1) is 12.7 Å². The van der Waals surface area contributed by atoms with Crippen molar-refractivity contribution in [1.82, 2.24) is 9.97 Å². The molecule has 4 aromatic rings. The largest absolute Gasteiger partial charge is 0.493 e. The average molecular weight is 436 g/mol. The molecule has 0 aliphatic heterocycles. The molecule has 4 rings (SSSR count). The van der Waals surface area contributed by atoms with Crippen LogP contribution < -0.4 is 16.5 Å². The summed E-state index contributed by atoms with van der Waals surface area (Å²) in [6.45, 7) is 2.12. The molecule has 0 bridgehead atoms. The van der Waals surface area contributed by atoms with Gasteiger partial charge in [-0.25, -0.2) is 14.4 Å². The molecule has 31 heavy (non-hydrogen) atoms. The van der Waals surface area contributed by atoms with E-state index in [1.807, 2.05) is 13.0 Å². The molecule has 0 saturated carbocycles. The molecule has 2 heterocycles. The molecule has 5 N–H and O–H groups in total. The van der Waals surface area contributed by atoms with Crippen LogP contribution in [0.15, 0.2) is 48.7 Å². The molecule has 0 spiro atoms. The lowest BCUT2D eigenvalue weighted by molar-refractivity contribution is 0.100. The minimum atomic E-state index is -1.79. The Morgan fingerprint density at radius 1 is 1.26 bits per heavy atom. The standard InChI is InChI=1S/C21H18BFN4O3S/c1-11-17(14-6-3-7-15(19(24)28)18(14)31-11)21-26-10-16(22(29)30)20(27-21)25-9-12-4-2-5-13(23)8-12/h2-8,10,29-30H,9H2,1H3,(H2,24,28)(H,25,26,27). The second kappa shape index (κ2) is 8.42. The second-order valence-corrected chi connectivity index (χ2v) is 8.16. The Labute approximate surface area is 181 Å². The molecule has 0 radical (unpaired) electrons. The number of benzene rings is 2. The number of hydrogen-bond acceptors (Lipinski definition) is 7. The number of fused-ring (bicyclic) bond motifs is 1. The summed E-state index contributed by atoms with van der Waals surface area (Å²) in [5.74, 6) is -0.309. The second-order valence-electron chi connectivity index (χ2n) is 6.93. The first-order chi connectivity index (χ1) is 14.8. The van der Waals surface area contributed by atoms with E-state index < -0.39 is 13.0 Å². The third kappa shape index (κ3) is 4.13. The molecule has 0 atom stereocenters. The molecular formula is C21H18BFN4O3S. The van der Waals surface area contributed by atoms with Gasteiger partial charge in [0.1, 0.15) is 11.6 Å². The molecule has 2 aromatic heterocycles. The van der Waals surface area contributed by atoms with Crippen molar-refractivity contribution in [1.29, 1.82) is 0 Å². The van der Waals surface area contributed by atoms with E-state index in [4.69, 9.17) is 5.73 Å². The highest BCUT2D eigenvalue weighted by Crippen LogP contribution is 2.38. The van der Waals surface area contributed by atoms with Crippen molar-refractivity contribution in [3.05, 3.63) is 70.5 Å². The number of anilines is 1. The van der Waals surface area contributed by atoms with Gasteiger partial charge in [0.15, 0.2) is 5.82 Å². The normalized spacial score (nSPS) is 11.0. The molecule has 7 nitrogen and oxygen atoms in total. The van der Waals surface area contributed by atoms with Gasteiger partial charge in [-0.1, -0.05) is 24.3 Å². The number of nitrogens with two attached hydrogens (primary N) is 1. The smallest absolute Gasteiger partial charge is 0.423 e. The van der Waals surface area contributed by atoms with Crippen molar-refractivity contribution in [2.75, 3.05) is 5.32 Å². The zero-order valence-corrected chi connectivity index (χ0v) is 17.3. The van der Waals surface area contributed by atoms with Crippen molar-refractivity contribution >= 4 is 45.7 Å². The molecule has 0 unspecified atom stereocenters. The van der Waals surface area contributed by atoms with E-state index in [-0.39, 0.29) is 23.6 Å². The Balaban J connectivity index is 1.78. The van der Waals surface area contributed by atoms with Gasteiger partial charge in [-0.15, -0.1) is 11.3 Å². The molecule has 0 saturated heterocycles. The van der Waals surface area contributed by atoms with Crippen molar-refractivity contribution in [3.8, 4) is 11.4 Å². The maximum absolute atomic E-state index is 13.5. The lowest BCUT2D eigenvalue weighted by Crippen LogP contribution is -2.34. The van der Waals surface area contributed by atoms with Gasteiger partial charge in [-0.05, 0) is 30.7 Å². The Kier molecular flexibility index (Phi) is 5.68. The van der Waals surface area contributed by atoms with E-state index in [0.29, 0.717) is 17.0 Å². The molecule has 10 heteroatoms. The zero-order valence-electron chi connectivity index (χ0n) is 16.5. The maximum Gasteiger partial charge on any atom is 0.493 e. The molecule has 2 aromatic carbocycles. The van der Waals surface area contributed by atoms with E-state index >= 15 is 0 Å². The van der Waals surface area contributed by atoms with Crippen LogP contribution in [0.3, 0.4) is 0 Å². The Hall–Kier alpha value is -3.34. The fourth-order valence-corrected chi connectivity index (χ4v) is 4.55. The molecule has 0 aliphatic carbocycles. The summed E-state index contributed by atoms with van der Waals surface area (Å²) in [5.41, 5.74) is 7.42. The molecule has 1 amide bonds. The van der Waals surface area contributed by atoms with E-state index in [9.17, 15) is 19.2 Å². The number of amides is 1. The number of carbonyl (C=O) groups excluding carboxylic acids is 1. The van der Waals surface area contributed by atoms with Crippen LogP contribution in [0.25, 0.3) is 21.5 Å². The Bertz CT molecular complexity index is 1300. The van der Waals surface area contributed by atoms with Crippen LogP contribution in [0.1, 0.15) is 20.8 Å². The lowest BCUT2D eigenvalue weighted by Gasteiger charge is -2.12. The molecule has 156 valence electrons. The number of rotatable bonds is 6. The highest BCUT2D eigenvalue weighted by atomic mass is 32.1. The SMILES string of the molecule is Cc1sc2c(C(N)=O)cccc2c1-c1ncc(B(O)O)c(NCc2cccc(F)c2)n1. The van der Waals surface area contributed by atoms with Gasteiger partial charge in [-0.3, -0.25) is 4.79 Å². The summed E-state index contributed by atoms with van der Waals surface area (Å²) >= 11 is 1.42. The number of aromatic nitrogens is 2. The van der Waals surface area contributed by atoms with Crippen molar-refractivity contribution < 1.29 is 19.2 Å². The quantitative estimate of drug-likeness (QED) is 0.344. The van der Waals surface area contributed by atoms with Gasteiger partial charge in [0.25, 0.3) is 0 Å². The van der Waals surface area contributed by atoms with Crippen LogP contribution in [-0.4, -0.2) is 33.0 Å². The molecule has 0 aliphatic rings. The number of halogens is 1. The fourth-order valence-electron chi connectivity index (χ4n) is 3.38. The Morgan fingerprint density at radius 3 is 2.74 bits per heavy atom. The number of nitrogens with zero attached hydrogens (tertiary/aromatic N) is 2. The summed E-state index contributed by atoms with van der Waals surface area (Å²) in [7, 11) is -1.79. The number of nitrogens with one attached hydrogen (secondary N) is 1. The van der Waals surface area contributed by atoms with Crippen LogP contribution in [0.5, 0.6) is 0 Å². The van der Waals surface area contributed by atoms with Crippen LogP contribution in [-0.2, 0) is 6.54 Å². The van der Waals surface area contributed by atoms with Crippen molar-refractivity contribution in [2.24, 2.45) is 5.73 Å². The highest BCUT2D eigenvalue weighted by Gasteiger charge is 2.22. The number of carbonyl (C=O) groups is 1. The maximum atomic E-state index is 13.5. The summed E-state index contributed by atoms with van der Waals surface area (Å²) in [6.07, 6.45) is 1.34. The number of thiophene rings is 1. The first-order valence-corrected chi connectivity index (χ1v) is 10.2. The monoisotopic (exact) mass is 436 g/mol. The van der Waals surface area contributed by atoms with E-state index in [1.165, 1.54) is 29.7 Å². The Morgan fingerprint density at radius 2 is 2.03 bits per heavy atom. The number of primary amides is 1. The third-order valence-electron chi connectivity index (χ3n) is 4.82. The van der Waals surface area contributed by atoms with Gasteiger partial charge in [0.05, 0.1) is 5.56 Å². The summed E-state index contributed by atoms with van der Waals surface area (Å²) in [4.78, 5) is 21.5. The minimum absolute atomic E-state index is 0.0927. The average Bonchev–Trinajstić information content (AvgIpc) is 3.07. The highest BCUT2D eigenvalue weighted by molar-refractivity contribution is 7.20. The van der Waals surface area contributed by atoms with E-state index in [2.05, 4.69) is 15.3 Å².